The highest BCUT2D eigenvalue weighted by atomic mass is 32.1. The van der Waals surface area contributed by atoms with Gasteiger partial charge in [-0.15, -0.1) is 11.3 Å². The molecule has 0 aliphatic rings. The van der Waals surface area contributed by atoms with Gasteiger partial charge in [-0.1, -0.05) is 37.3 Å². The van der Waals surface area contributed by atoms with E-state index in [1.54, 1.807) is 13.0 Å². The molecule has 7 heteroatoms. The number of esters is 2. The van der Waals surface area contributed by atoms with Crippen LogP contribution < -0.4 is 5.32 Å². The number of thiophene rings is 1. The van der Waals surface area contributed by atoms with Gasteiger partial charge in [0.1, 0.15) is 5.00 Å². The first kappa shape index (κ1) is 20.6. The number of carbonyl (C=O) groups is 3. The molecule has 0 saturated heterocycles. The molecular weight excluding hydrogens is 366 g/mol. The molecule has 1 amide bonds. The summed E-state index contributed by atoms with van der Waals surface area (Å²) in [4.78, 5) is 36.6. The second-order valence-electron chi connectivity index (χ2n) is 5.87. The van der Waals surface area contributed by atoms with Gasteiger partial charge in [-0.05, 0) is 18.6 Å². The van der Waals surface area contributed by atoms with Crippen LogP contribution in [0.1, 0.15) is 53.4 Å². The third-order valence-electron chi connectivity index (χ3n) is 4.01. The topological polar surface area (TPSA) is 81.7 Å². The van der Waals surface area contributed by atoms with E-state index in [4.69, 9.17) is 4.74 Å². The predicted octanol–water partition coefficient (Wildman–Crippen LogP) is 3.97. The van der Waals surface area contributed by atoms with Crippen LogP contribution in [0.25, 0.3) is 0 Å². The average Bonchev–Trinajstić information content (AvgIpc) is 3.10. The average molecular weight is 389 g/mol. The van der Waals surface area contributed by atoms with Crippen LogP contribution in [0.5, 0.6) is 0 Å². The van der Waals surface area contributed by atoms with Gasteiger partial charge in [0.05, 0.1) is 25.7 Å². The summed E-state index contributed by atoms with van der Waals surface area (Å²) in [6, 6.07) is 11.7. The molecule has 2 aromatic rings. The first-order valence-electron chi connectivity index (χ1n) is 8.68. The second-order valence-corrected chi connectivity index (χ2v) is 6.95. The first-order valence-corrected chi connectivity index (χ1v) is 9.50. The number of ether oxygens (including phenoxy) is 2. The number of hydrogen-bond acceptors (Lipinski definition) is 6. The molecule has 0 aliphatic heterocycles. The maximum Gasteiger partial charge on any atom is 0.341 e. The first-order chi connectivity index (χ1) is 13.0. The van der Waals surface area contributed by atoms with Crippen LogP contribution in [0.2, 0.25) is 0 Å². The molecule has 6 nitrogen and oxygen atoms in total. The van der Waals surface area contributed by atoms with Crippen molar-refractivity contribution in [1.29, 1.82) is 0 Å². The number of carbonyl (C=O) groups excluding carboxylic acids is 3. The molecule has 0 fully saturated rings. The Bertz CT molecular complexity index is 800. The Hall–Kier alpha value is -2.67. The zero-order valence-corrected chi connectivity index (χ0v) is 16.4. The third kappa shape index (κ3) is 5.65. The molecule has 1 aromatic carbocycles. The number of anilines is 1. The van der Waals surface area contributed by atoms with Crippen molar-refractivity contribution in [2.75, 3.05) is 19.0 Å². The summed E-state index contributed by atoms with van der Waals surface area (Å²) in [7, 11) is 1.27. The van der Waals surface area contributed by atoms with Gasteiger partial charge in [-0.3, -0.25) is 9.59 Å². The highest BCUT2D eigenvalue weighted by Gasteiger charge is 2.22. The van der Waals surface area contributed by atoms with Crippen molar-refractivity contribution >= 4 is 34.2 Å². The van der Waals surface area contributed by atoms with E-state index in [1.807, 2.05) is 37.3 Å². The fraction of sp³-hybridized carbons (Fsp3) is 0.350. The Morgan fingerprint density at radius 3 is 2.48 bits per heavy atom. The largest absolute Gasteiger partial charge is 0.469 e. The maximum absolute atomic E-state index is 12.3. The standard InChI is InChI=1S/C20H23NO5S/c1-4-26-20(24)15-12-16(13(2)14-8-6-5-7-9-14)27-19(15)21-17(22)10-11-18(23)25-3/h5-9,12-13H,4,10-11H2,1-3H3,(H,21,22)/t13-/m1/s1. The molecule has 144 valence electrons. The normalized spacial score (nSPS) is 11.5. The smallest absolute Gasteiger partial charge is 0.341 e. The van der Waals surface area contributed by atoms with Crippen LogP contribution in [0, 0.1) is 0 Å². The van der Waals surface area contributed by atoms with Gasteiger partial charge in [0.25, 0.3) is 0 Å². The van der Waals surface area contributed by atoms with Gasteiger partial charge in [0.2, 0.25) is 5.91 Å². The number of methoxy groups -OCH3 is 1. The van der Waals surface area contributed by atoms with E-state index in [1.165, 1.54) is 18.4 Å². The molecule has 1 atom stereocenters. The quantitative estimate of drug-likeness (QED) is 0.691. The zero-order valence-electron chi connectivity index (χ0n) is 15.6. The molecule has 0 bridgehead atoms. The molecule has 0 unspecified atom stereocenters. The lowest BCUT2D eigenvalue weighted by molar-refractivity contribution is -0.141. The summed E-state index contributed by atoms with van der Waals surface area (Å²) >= 11 is 1.34. The molecule has 1 aromatic heterocycles. The Balaban J connectivity index is 2.23. The summed E-state index contributed by atoms with van der Waals surface area (Å²) in [6.45, 7) is 4.01. The lowest BCUT2D eigenvalue weighted by Gasteiger charge is -2.09. The molecule has 0 aliphatic carbocycles. The van der Waals surface area contributed by atoms with Gasteiger partial charge in [0.15, 0.2) is 0 Å². The van der Waals surface area contributed by atoms with E-state index in [0.717, 1.165) is 10.4 Å². The zero-order chi connectivity index (χ0) is 19.8. The van der Waals surface area contributed by atoms with E-state index in [-0.39, 0.29) is 31.3 Å². The molecule has 0 spiro atoms. The van der Waals surface area contributed by atoms with Crippen molar-refractivity contribution in [3.8, 4) is 0 Å². The highest BCUT2D eigenvalue weighted by molar-refractivity contribution is 7.16. The fourth-order valence-electron chi connectivity index (χ4n) is 2.49. The lowest BCUT2D eigenvalue weighted by Crippen LogP contribution is -2.15. The molecule has 0 saturated carbocycles. The molecular formula is C20H23NO5S. The van der Waals surface area contributed by atoms with E-state index in [9.17, 15) is 14.4 Å². The minimum absolute atomic E-state index is 0.0174. The number of rotatable bonds is 8. The highest BCUT2D eigenvalue weighted by Crippen LogP contribution is 2.36. The van der Waals surface area contributed by atoms with Crippen molar-refractivity contribution in [3.05, 3.63) is 52.4 Å². The molecule has 1 heterocycles. The molecule has 1 N–H and O–H groups in total. The number of benzene rings is 1. The summed E-state index contributed by atoms with van der Waals surface area (Å²) < 4.78 is 9.65. The Morgan fingerprint density at radius 2 is 1.85 bits per heavy atom. The molecule has 0 radical (unpaired) electrons. The van der Waals surface area contributed by atoms with Gasteiger partial charge in [-0.2, -0.15) is 0 Å². The van der Waals surface area contributed by atoms with Crippen LogP contribution in [0.3, 0.4) is 0 Å². The Kier molecular flexibility index (Phi) is 7.55. The number of hydrogen-bond donors (Lipinski definition) is 1. The van der Waals surface area contributed by atoms with Crippen LogP contribution in [0.15, 0.2) is 36.4 Å². The van der Waals surface area contributed by atoms with E-state index < -0.39 is 11.9 Å². The Labute approximate surface area is 162 Å². The van der Waals surface area contributed by atoms with E-state index in [0.29, 0.717) is 10.6 Å². The van der Waals surface area contributed by atoms with E-state index >= 15 is 0 Å². The number of nitrogens with one attached hydrogen (secondary N) is 1. The minimum Gasteiger partial charge on any atom is -0.469 e. The van der Waals surface area contributed by atoms with Gasteiger partial charge in [0, 0.05) is 17.2 Å². The van der Waals surface area contributed by atoms with Crippen molar-refractivity contribution in [3.63, 3.8) is 0 Å². The van der Waals surface area contributed by atoms with Crippen molar-refractivity contribution in [2.45, 2.75) is 32.6 Å². The SMILES string of the molecule is CCOC(=O)c1cc([C@H](C)c2ccccc2)sc1NC(=O)CCC(=O)OC. The van der Waals surface area contributed by atoms with Gasteiger partial charge >= 0.3 is 11.9 Å². The van der Waals surface area contributed by atoms with Crippen LogP contribution in [0.4, 0.5) is 5.00 Å². The summed E-state index contributed by atoms with van der Waals surface area (Å²) in [5.41, 5.74) is 1.43. The summed E-state index contributed by atoms with van der Waals surface area (Å²) in [6.07, 6.45) is -0.0356. The predicted molar refractivity (Wildman–Crippen MR) is 104 cm³/mol. The second kappa shape index (κ2) is 9.87. The summed E-state index contributed by atoms with van der Waals surface area (Å²) in [5, 5.41) is 3.16. The van der Waals surface area contributed by atoms with Crippen molar-refractivity contribution in [1.82, 2.24) is 0 Å². The Morgan fingerprint density at radius 1 is 1.15 bits per heavy atom. The molecule has 2 rings (SSSR count). The van der Waals surface area contributed by atoms with Gasteiger partial charge < -0.3 is 14.8 Å². The van der Waals surface area contributed by atoms with E-state index in [2.05, 4.69) is 10.1 Å². The van der Waals surface area contributed by atoms with Crippen molar-refractivity contribution < 1.29 is 23.9 Å². The van der Waals surface area contributed by atoms with Gasteiger partial charge in [-0.25, -0.2) is 4.79 Å². The minimum atomic E-state index is -0.483. The summed E-state index contributed by atoms with van der Waals surface area (Å²) in [5.74, 6) is -1.24. The monoisotopic (exact) mass is 389 g/mol. The third-order valence-corrected chi connectivity index (χ3v) is 5.24. The maximum atomic E-state index is 12.3. The van der Waals surface area contributed by atoms with Crippen LogP contribution >= 0.6 is 11.3 Å². The molecule has 27 heavy (non-hydrogen) atoms. The number of amides is 1. The lowest BCUT2D eigenvalue weighted by atomic mass is 9.99. The fourth-order valence-corrected chi connectivity index (χ4v) is 3.63. The van der Waals surface area contributed by atoms with Crippen LogP contribution in [-0.4, -0.2) is 31.6 Å². The van der Waals surface area contributed by atoms with Crippen LogP contribution in [-0.2, 0) is 19.1 Å². The van der Waals surface area contributed by atoms with Crippen molar-refractivity contribution in [2.24, 2.45) is 0 Å².